The van der Waals surface area contributed by atoms with Crippen LogP contribution < -0.4 is 15.0 Å². The Morgan fingerprint density at radius 3 is 2.86 bits per heavy atom. The first-order valence-electron chi connectivity index (χ1n) is 7.42. The number of hydrogen-bond acceptors (Lipinski definition) is 2. The average molecular weight is 312 g/mol. The maximum absolute atomic E-state index is 12.0. The molecule has 0 heterocycles. The van der Waals surface area contributed by atoms with E-state index in [4.69, 9.17) is 16.3 Å². The van der Waals surface area contributed by atoms with Crippen LogP contribution >= 0.6 is 11.6 Å². The minimum absolute atomic E-state index is 0.105. The molecule has 1 aromatic rings. The summed E-state index contributed by atoms with van der Waals surface area (Å²) in [7, 11) is 3.65. The highest BCUT2D eigenvalue weighted by Gasteiger charge is 2.29. The molecule has 1 unspecified atom stereocenters. The molecule has 116 valence electrons. The fourth-order valence-corrected chi connectivity index (χ4v) is 2.76. The van der Waals surface area contributed by atoms with Crippen molar-refractivity contribution in [3.63, 3.8) is 0 Å². The zero-order valence-corrected chi connectivity index (χ0v) is 13.7. The lowest BCUT2D eigenvalue weighted by Gasteiger charge is -2.18. The van der Waals surface area contributed by atoms with E-state index in [9.17, 15) is 4.79 Å². The minimum atomic E-state index is 0.105. The van der Waals surface area contributed by atoms with Crippen molar-refractivity contribution in [2.24, 2.45) is 5.92 Å². The summed E-state index contributed by atoms with van der Waals surface area (Å²) in [6, 6.07) is 5.86. The summed E-state index contributed by atoms with van der Waals surface area (Å²) >= 11 is 6.03. The maximum Gasteiger partial charge on any atom is 0.275 e. The van der Waals surface area contributed by atoms with Crippen LogP contribution in [0, 0.1) is 5.92 Å². The molecule has 1 aromatic carbocycles. The Balaban J connectivity index is 1.87. The number of likely N-dealkylation sites (N-methyl/N-ethyl adjacent to an activating group) is 1. The molecule has 21 heavy (non-hydrogen) atoms. The Hall–Kier alpha value is -1.26. The van der Waals surface area contributed by atoms with Crippen LogP contribution in [0.1, 0.15) is 25.3 Å². The van der Waals surface area contributed by atoms with Gasteiger partial charge in [0, 0.05) is 16.6 Å². The summed E-state index contributed by atoms with van der Waals surface area (Å²) in [5.41, 5.74) is 1.02. The summed E-state index contributed by atoms with van der Waals surface area (Å²) in [5.74, 6) is 1.60. The molecule has 1 aliphatic rings. The summed E-state index contributed by atoms with van der Waals surface area (Å²) in [4.78, 5) is 13.1. The molecule has 0 radical (unpaired) electrons. The minimum Gasteiger partial charge on any atom is -0.496 e. The number of halogens is 1. The highest BCUT2D eigenvalue weighted by Crippen LogP contribution is 2.32. The van der Waals surface area contributed by atoms with Gasteiger partial charge in [-0.3, -0.25) is 4.79 Å². The van der Waals surface area contributed by atoms with Gasteiger partial charge in [-0.15, -0.1) is 0 Å². The fourth-order valence-electron chi connectivity index (χ4n) is 2.57. The number of nitrogens with one attached hydrogen (secondary N) is 2. The highest BCUT2D eigenvalue weighted by atomic mass is 35.5. The molecule has 1 aliphatic carbocycles. The van der Waals surface area contributed by atoms with Crippen LogP contribution in [0.25, 0.3) is 0 Å². The van der Waals surface area contributed by atoms with Crippen LogP contribution in [-0.2, 0) is 11.3 Å². The Labute approximate surface area is 131 Å². The molecule has 0 aliphatic heterocycles. The largest absolute Gasteiger partial charge is 0.496 e. The lowest BCUT2D eigenvalue weighted by atomic mass is 10.2. The molecule has 5 heteroatoms. The summed E-state index contributed by atoms with van der Waals surface area (Å²) in [5, 5.41) is 3.77. The molecule has 0 spiro atoms. The molecule has 2 N–H and O–H groups in total. The lowest BCUT2D eigenvalue weighted by molar-refractivity contribution is -0.885. The first kappa shape index (κ1) is 16.1. The first-order chi connectivity index (χ1) is 9.99. The Morgan fingerprint density at radius 1 is 1.52 bits per heavy atom. The van der Waals surface area contributed by atoms with Gasteiger partial charge in [0.25, 0.3) is 5.91 Å². The monoisotopic (exact) mass is 311 g/mol. The number of carbonyl (C=O) groups excluding carboxylic acids is 1. The van der Waals surface area contributed by atoms with Gasteiger partial charge < -0.3 is 15.0 Å². The van der Waals surface area contributed by atoms with Gasteiger partial charge in [-0.25, -0.2) is 0 Å². The number of carbonyl (C=O) groups is 1. The molecule has 1 amide bonds. The molecule has 0 bridgehead atoms. The van der Waals surface area contributed by atoms with Gasteiger partial charge in [0.1, 0.15) is 12.3 Å². The fraction of sp³-hybridized carbons (Fsp3) is 0.562. The van der Waals surface area contributed by atoms with Crippen LogP contribution in [-0.4, -0.2) is 32.7 Å². The van der Waals surface area contributed by atoms with E-state index in [0.29, 0.717) is 30.1 Å². The molecule has 4 nitrogen and oxygen atoms in total. The van der Waals surface area contributed by atoms with E-state index in [1.54, 1.807) is 7.11 Å². The summed E-state index contributed by atoms with van der Waals surface area (Å²) in [6.07, 6.45) is 2.48. The summed E-state index contributed by atoms with van der Waals surface area (Å²) in [6.45, 7) is 3.24. The molecule has 2 atom stereocenters. The molecule has 1 fully saturated rings. The summed E-state index contributed by atoms with van der Waals surface area (Å²) < 4.78 is 5.34. The Kier molecular flexibility index (Phi) is 5.48. The smallest absolute Gasteiger partial charge is 0.275 e. The number of benzene rings is 1. The molecule has 2 rings (SSSR count). The number of rotatable bonds is 7. The van der Waals surface area contributed by atoms with E-state index in [1.807, 2.05) is 25.2 Å². The van der Waals surface area contributed by atoms with Crippen LogP contribution in [0.2, 0.25) is 5.02 Å². The van der Waals surface area contributed by atoms with Crippen LogP contribution in [0.5, 0.6) is 5.75 Å². The van der Waals surface area contributed by atoms with E-state index >= 15 is 0 Å². The molecule has 1 saturated carbocycles. The van der Waals surface area contributed by atoms with E-state index in [2.05, 4.69) is 12.2 Å². The van der Waals surface area contributed by atoms with Crippen molar-refractivity contribution in [3.05, 3.63) is 28.8 Å². The second kappa shape index (κ2) is 7.14. The van der Waals surface area contributed by atoms with E-state index in [-0.39, 0.29) is 5.91 Å². The van der Waals surface area contributed by atoms with Crippen molar-refractivity contribution in [1.82, 2.24) is 5.32 Å². The Bertz CT molecular complexity index is 503. The molecule has 0 aromatic heterocycles. The number of amides is 1. The quantitative estimate of drug-likeness (QED) is 0.796. The van der Waals surface area contributed by atoms with Gasteiger partial charge in [-0.2, -0.15) is 0 Å². The standard InChI is InChI=1S/C16H23ClN2O2/c1-11(12-4-5-12)18-16(20)10-19(2)9-13-8-14(17)6-7-15(13)21-3/h6-8,11-12H,4-5,9-10H2,1-3H3,(H,18,20)/p+1/t11-/m0/s1. The predicted molar refractivity (Wildman–Crippen MR) is 83.8 cm³/mol. The second-order valence-electron chi connectivity index (χ2n) is 5.96. The van der Waals surface area contributed by atoms with Crippen molar-refractivity contribution < 1.29 is 14.4 Å². The van der Waals surface area contributed by atoms with Gasteiger partial charge in [0.2, 0.25) is 0 Å². The van der Waals surface area contributed by atoms with Crippen molar-refractivity contribution in [2.45, 2.75) is 32.4 Å². The van der Waals surface area contributed by atoms with Gasteiger partial charge in [-0.05, 0) is 43.9 Å². The molecule has 0 saturated heterocycles. The van der Waals surface area contributed by atoms with Crippen LogP contribution in [0.4, 0.5) is 0 Å². The molecular formula is C16H24ClN2O2+. The van der Waals surface area contributed by atoms with Crippen molar-refractivity contribution in [3.8, 4) is 5.75 Å². The predicted octanol–water partition coefficient (Wildman–Crippen LogP) is 1.28. The van der Waals surface area contributed by atoms with E-state index in [1.165, 1.54) is 12.8 Å². The maximum atomic E-state index is 12.0. The second-order valence-corrected chi connectivity index (χ2v) is 6.40. The first-order valence-corrected chi connectivity index (χ1v) is 7.80. The van der Waals surface area contributed by atoms with Gasteiger partial charge >= 0.3 is 0 Å². The highest BCUT2D eigenvalue weighted by molar-refractivity contribution is 6.30. The normalized spacial score (nSPS) is 17.1. The molecular weight excluding hydrogens is 288 g/mol. The topological polar surface area (TPSA) is 42.8 Å². The van der Waals surface area contributed by atoms with Crippen LogP contribution in [0.15, 0.2) is 18.2 Å². The zero-order chi connectivity index (χ0) is 15.4. The van der Waals surface area contributed by atoms with Gasteiger partial charge in [0.05, 0.1) is 14.2 Å². The SMILES string of the molecule is COc1ccc(Cl)cc1C[NH+](C)CC(=O)N[C@@H](C)C1CC1. The third-order valence-electron chi connectivity index (χ3n) is 3.91. The number of ether oxygens (including phenoxy) is 1. The lowest BCUT2D eigenvalue weighted by Crippen LogP contribution is -3.09. The number of methoxy groups -OCH3 is 1. The van der Waals surface area contributed by atoms with E-state index < -0.39 is 0 Å². The van der Waals surface area contributed by atoms with Gasteiger partial charge in [0.15, 0.2) is 6.54 Å². The van der Waals surface area contributed by atoms with Crippen molar-refractivity contribution in [1.29, 1.82) is 0 Å². The average Bonchev–Trinajstić information content (AvgIpc) is 3.22. The van der Waals surface area contributed by atoms with E-state index in [0.717, 1.165) is 16.2 Å². The van der Waals surface area contributed by atoms with Crippen molar-refractivity contribution >= 4 is 17.5 Å². The third kappa shape index (κ3) is 4.90. The van der Waals surface area contributed by atoms with Gasteiger partial charge in [-0.1, -0.05) is 11.6 Å². The number of quaternary nitrogens is 1. The zero-order valence-electron chi connectivity index (χ0n) is 12.9. The third-order valence-corrected chi connectivity index (χ3v) is 4.15. The van der Waals surface area contributed by atoms with Crippen LogP contribution in [0.3, 0.4) is 0 Å². The Morgan fingerprint density at radius 2 is 2.24 bits per heavy atom. The number of hydrogen-bond donors (Lipinski definition) is 2. The van der Waals surface area contributed by atoms with Crippen molar-refractivity contribution in [2.75, 3.05) is 20.7 Å².